The van der Waals surface area contributed by atoms with Crippen LogP contribution in [0.25, 0.3) is 5.69 Å². The van der Waals surface area contributed by atoms with Gasteiger partial charge in [0.1, 0.15) is 23.1 Å². The van der Waals surface area contributed by atoms with Crippen LogP contribution in [-0.4, -0.2) is 18.2 Å². The van der Waals surface area contributed by atoms with E-state index in [1.165, 1.54) is 12.1 Å². The van der Waals surface area contributed by atoms with E-state index in [0.29, 0.717) is 4.68 Å². The third-order valence-electron chi connectivity index (χ3n) is 2.23. The van der Waals surface area contributed by atoms with Crippen LogP contribution in [0.4, 0.5) is 4.39 Å². The third-order valence-corrected chi connectivity index (χ3v) is 3.82. The molecule has 0 aliphatic rings. The maximum absolute atomic E-state index is 13.8. The van der Waals surface area contributed by atoms with Gasteiger partial charge in [0.2, 0.25) is 0 Å². The Morgan fingerprint density at radius 1 is 1.42 bits per heavy atom. The van der Waals surface area contributed by atoms with Crippen molar-refractivity contribution in [2.24, 2.45) is 0 Å². The van der Waals surface area contributed by atoms with E-state index in [0.717, 1.165) is 12.3 Å². The molecule has 0 aliphatic carbocycles. The van der Waals surface area contributed by atoms with Crippen molar-refractivity contribution in [3.8, 4) is 11.8 Å². The van der Waals surface area contributed by atoms with Crippen LogP contribution in [0.2, 0.25) is 5.02 Å². The van der Waals surface area contributed by atoms with Crippen LogP contribution in [0, 0.1) is 17.1 Å². The number of rotatable bonds is 2. The van der Waals surface area contributed by atoms with Gasteiger partial charge in [0.05, 0.1) is 11.2 Å². The van der Waals surface area contributed by atoms with Crippen LogP contribution in [0.15, 0.2) is 29.4 Å². The Bertz CT molecular complexity index is 775. The highest BCUT2D eigenvalue weighted by molar-refractivity contribution is 8.13. The van der Waals surface area contributed by atoms with Gasteiger partial charge in [-0.25, -0.2) is 17.5 Å². The van der Waals surface area contributed by atoms with Crippen molar-refractivity contribution in [2.45, 2.75) is 5.03 Å². The first kappa shape index (κ1) is 13.8. The molecule has 1 aromatic carbocycles. The minimum absolute atomic E-state index is 0.0610. The summed E-state index contributed by atoms with van der Waals surface area (Å²) in [7, 11) is 0.949. The lowest BCUT2D eigenvalue weighted by Gasteiger charge is -2.08. The Morgan fingerprint density at radius 2 is 2.11 bits per heavy atom. The van der Waals surface area contributed by atoms with Gasteiger partial charge < -0.3 is 0 Å². The quantitative estimate of drug-likeness (QED) is 0.797. The predicted molar refractivity (Wildman–Crippen MR) is 66.3 cm³/mol. The molecule has 0 atom stereocenters. The summed E-state index contributed by atoms with van der Waals surface area (Å²) in [5.41, 5.74) is -0.584. The zero-order valence-electron chi connectivity index (χ0n) is 9.01. The summed E-state index contributed by atoms with van der Waals surface area (Å²) >= 11 is 5.82. The summed E-state index contributed by atoms with van der Waals surface area (Å²) in [5, 5.41) is 11.8. The minimum Gasteiger partial charge on any atom is -0.215 e. The fourth-order valence-corrected chi connectivity index (χ4v) is 2.89. The molecule has 0 radical (unpaired) electrons. The van der Waals surface area contributed by atoms with E-state index >= 15 is 0 Å². The highest BCUT2D eigenvalue weighted by Crippen LogP contribution is 2.28. The van der Waals surface area contributed by atoms with Crippen LogP contribution in [-0.2, 0) is 9.05 Å². The molecule has 0 aliphatic heterocycles. The first-order valence-corrected chi connectivity index (χ1v) is 7.42. The maximum atomic E-state index is 13.8. The summed E-state index contributed by atoms with van der Waals surface area (Å²) in [4.78, 5) is 0. The van der Waals surface area contributed by atoms with Gasteiger partial charge >= 0.3 is 0 Å². The molecule has 0 unspecified atom stereocenters. The van der Waals surface area contributed by atoms with Gasteiger partial charge in [-0.3, -0.25) is 0 Å². The van der Waals surface area contributed by atoms with Crippen LogP contribution >= 0.6 is 22.3 Å². The topological polar surface area (TPSA) is 75.8 Å². The molecule has 98 valence electrons. The lowest BCUT2D eigenvalue weighted by Crippen LogP contribution is -2.08. The number of nitrogens with zero attached hydrogens (tertiary/aromatic N) is 3. The van der Waals surface area contributed by atoms with E-state index in [-0.39, 0.29) is 16.3 Å². The van der Waals surface area contributed by atoms with Crippen molar-refractivity contribution < 1.29 is 12.8 Å². The Balaban J connectivity index is 2.86. The minimum atomic E-state index is -4.29. The van der Waals surface area contributed by atoms with E-state index < -0.39 is 19.9 Å². The van der Waals surface area contributed by atoms with E-state index in [1.54, 1.807) is 6.07 Å². The summed E-state index contributed by atoms with van der Waals surface area (Å²) in [6.45, 7) is 0. The SMILES string of the molecule is N#Cc1cnn(-c2c(F)cccc2Cl)c1S(=O)(=O)Cl. The van der Waals surface area contributed by atoms with Crippen LogP contribution in [0.5, 0.6) is 0 Å². The molecule has 1 aromatic heterocycles. The van der Waals surface area contributed by atoms with Gasteiger partial charge in [-0.2, -0.15) is 10.4 Å². The van der Waals surface area contributed by atoms with Crippen molar-refractivity contribution in [3.05, 3.63) is 40.8 Å². The van der Waals surface area contributed by atoms with E-state index in [4.69, 9.17) is 27.5 Å². The second-order valence-corrected chi connectivity index (χ2v) is 6.28. The lowest BCUT2D eigenvalue weighted by molar-refractivity contribution is 0.586. The van der Waals surface area contributed by atoms with Gasteiger partial charge in [0.15, 0.2) is 5.03 Å². The van der Waals surface area contributed by atoms with Crippen molar-refractivity contribution in [3.63, 3.8) is 0 Å². The molecule has 9 heteroatoms. The second kappa shape index (κ2) is 4.81. The molecule has 0 fully saturated rings. The molecule has 0 amide bonds. The third kappa shape index (κ3) is 2.42. The zero-order valence-corrected chi connectivity index (χ0v) is 11.3. The standard InChI is InChI=1S/C10H4Cl2FN3O2S/c11-7-2-1-3-8(13)9(7)16-10(19(12,17)18)6(4-14)5-15-16/h1-3,5H. The largest absolute Gasteiger partial charge is 0.280 e. The predicted octanol–water partition coefficient (Wildman–Crippen LogP) is 2.46. The zero-order chi connectivity index (χ0) is 14.2. The Labute approximate surface area is 117 Å². The summed E-state index contributed by atoms with van der Waals surface area (Å²) in [6.07, 6.45) is 0.970. The number of benzene rings is 1. The molecule has 19 heavy (non-hydrogen) atoms. The second-order valence-electron chi connectivity index (χ2n) is 3.40. The highest BCUT2D eigenvalue weighted by atomic mass is 35.7. The molecule has 2 rings (SSSR count). The number of aromatic nitrogens is 2. The molecule has 0 saturated heterocycles. The van der Waals surface area contributed by atoms with Gasteiger partial charge in [-0.05, 0) is 12.1 Å². The smallest absolute Gasteiger partial charge is 0.215 e. The average Bonchev–Trinajstić information content (AvgIpc) is 2.72. The highest BCUT2D eigenvalue weighted by Gasteiger charge is 2.26. The number of hydrogen-bond acceptors (Lipinski definition) is 4. The van der Waals surface area contributed by atoms with E-state index in [1.807, 2.05) is 0 Å². The molecular weight excluding hydrogens is 316 g/mol. The fourth-order valence-electron chi connectivity index (χ4n) is 1.50. The molecule has 0 saturated carbocycles. The van der Waals surface area contributed by atoms with Gasteiger partial charge in [-0.15, -0.1) is 0 Å². The van der Waals surface area contributed by atoms with Crippen molar-refractivity contribution in [2.75, 3.05) is 0 Å². The lowest BCUT2D eigenvalue weighted by atomic mass is 10.3. The van der Waals surface area contributed by atoms with Crippen molar-refractivity contribution >= 4 is 31.3 Å². The normalized spacial score (nSPS) is 11.3. The maximum Gasteiger partial charge on any atom is 0.280 e. The number of para-hydroxylation sites is 1. The summed E-state index contributed by atoms with van der Waals surface area (Å²) in [6, 6.07) is 5.41. The Morgan fingerprint density at radius 3 is 2.63 bits per heavy atom. The number of hydrogen-bond donors (Lipinski definition) is 0. The van der Waals surface area contributed by atoms with Gasteiger partial charge in [0, 0.05) is 10.7 Å². The fraction of sp³-hybridized carbons (Fsp3) is 0. The molecule has 5 nitrogen and oxygen atoms in total. The monoisotopic (exact) mass is 319 g/mol. The van der Waals surface area contributed by atoms with E-state index in [9.17, 15) is 12.8 Å². The van der Waals surface area contributed by atoms with Crippen LogP contribution < -0.4 is 0 Å². The van der Waals surface area contributed by atoms with E-state index in [2.05, 4.69) is 5.10 Å². The molecule has 0 bridgehead atoms. The van der Waals surface area contributed by atoms with Gasteiger partial charge in [-0.1, -0.05) is 17.7 Å². The average molecular weight is 320 g/mol. The van der Waals surface area contributed by atoms with Crippen molar-refractivity contribution in [1.29, 1.82) is 5.26 Å². The van der Waals surface area contributed by atoms with Gasteiger partial charge in [0.25, 0.3) is 9.05 Å². The number of nitriles is 1. The summed E-state index contributed by atoms with van der Waals surface area (Å²) < 4.78 is 37.4. The first-order chi connectivity index (χ1) is 8.86. The molecule has 0 N–H and O–H groups in total. The Hall–Kier alpha value is -1.62. The van der Waals surface area contributed by atoms with Crippen LogP contribution in [0.1, 0.15) is 5.56 Å². The molecule has 2 aromatic rings. The van der Waals surface area contributed by atoms with Crippen molar-refractivity contribution in [1.82, 2.24) is 9.78 Å². The molecular formula is C10H4Cl2FN3O2S. The number of halogens is 3. The molecule has 0 spiro atoms. The molecule has 1 heterocycles. The van der Waals surface area contributed by atoms with Crippen LogP contribution in [0.3, 0.4) is 0 Å². The Kier molecular flexibility index (Phi) is 3.49. The summed E-state index contributed by atoms with van der Waals surface area (Å²) in [5.74, 6) is -0.790. The first-order valence-electron chi connectivity index (χ1n) is 4.73.